The van der Waals surface area contributed by atoms with E-state index in [-0.39, 0.29) is 12.6 Å². The molecular formula is C11H19N3O2. The van der Waals surface area contributed by atoms with Crippen LogP contribution in [0.15, 0.2) is 12.4 Å². The van der Waals surface area contributed by atoms with E-state index >= 15 is 0 Å². The second-order valence-corrected chi connectivity index (χ2v) is 4.18. The van der Waals surface area contributed by atoms with Crippen LogP contribution in [-0.2, 0) is 0 Å². The lowest BCUT2D eigenvalue weighted by Gasteiger charge is -2.12. The van der Waals surface area contributed by atoms with E-state index < -0.39 is 0 Å². The Kier molecular flexibility index (Phi) is 4.98. The van der Waals surface area contributed by atoms with E-state index in [4.69, 9.17) is 9.84 Å². The van der Waals surface area contributed by atoms with Crippen LogP contribution in [0.2, 0.25) is 0 Å². The number of nitrogens with one attached hydrogen (secondary N) is 1. The van der Waals surface area contributed by atoms with Crippen LogP contribution in [0.25, 0.3) is 0 Å². The predicted molar refractivity (Wildman–Crippen MR) is 62.5 cm³/mol. The Hall–Kier alpha value is -1.36. The molecule has 1 heterocycles. The molecule has 1 aromatic heterocycles. The van der Waals surface area contributed by atoms with Crippen LogP contribution in [0, 0.1) is 5.92 Å². The normalized spacial score (nSPS) is 12.6. The number of aliphatic hydroxyl groups is 1. The third kappa shape index (κ3) is 4.44. The Labute approximate surface area is 95.9 Å². The molecule has 90 valence electrons. The van der Waals surface area contributed by atoms with Crippen molar-refractivity contribution in [1.82, 2.24) is 9.97 Å². The quantitative estimate of drug-likeness (QED) is 0.764. The van der Waals surface area contributed by atoms with E-state index in [0.29, 0.717) is 24.2 Å². The molecule has 0 unspecified atom stereocenters. The predicted octanol–water partition coefficient (Wildman–Crippen LogP) is 1.30. The number of hydrogen-bond acceptors (Lipinski definition) is 5. The highest BCUT2D eigenvalue weighted by Gasteiger charge is 2.04. The van der Waals surface area contributed by atoms with Gasteiger partial charge in [-0.2, -0.15) is 4.98 Å². The SMILES string of the molecule is CC(C)COc1cncc(N[C@@H](C)CO)n1. The first-order valence-corrected chi connectivity index (χ1v) is 5.44. The molecule has 0 amide bonds. The zero-order valence-electron chi connectivity index (χ0n) is 9.97. The van der Waals surface area contributed by atoms with Gasteiger partial charge in [-0.05, 0) is 12.8 Å². The van der Waals surface area contributed by atoms with Crippen molar-refractivity contribution in [2.75, 3.05) is 18.5 Å². The molecule has 1 rings (SSSR count). The lowest BCUT2D eigenvalue weighted by Crippen LogP contribution is -2.20. The molecule has 0 aliphatic heterocycles. The third-order valence-corrected chi connectivity index (χ3v) is 1.85. The number of nitrogens with zero attached hydrogens (tertiary/aromatic N) is 2. The molecule has 0 radical (unpaired) electrons. The van der Waals surface area contributed by atoms with Crippen molar-refractivity contribution in [2.45, 2.75) is 26.8 Å². The Bertz CT molecular complexity index is 318. The lowest BCUT2D eigenvalue weighted by molar-refractivity contribution is 0.260. The number of ether oxygens (including phenoxy) is 1. The van der Waals surface area contributed by atoms with Gasteiger partial charge in [-0.25, -0.2) is 0 Å². The molecule has 0 saturated heterocycles. The summed E-state index contributed by atoms with van der Waals surface area (Å²) >= 11 is 0. The van der Waals surface area contributed by atoms with Gasteiger partial charge in [-0.3, -0.25) is 4.98 Å². The first-order valence-electron chi connectivity index (χ1n) is 5.44. The van der Waals surface area contributed by atoms with E-state index in [9.17, 15) is 0 Å². The summed E-state index contributed by atoms with van der Waals surface area (Å²) in [6, 6.07) is -0.0466. The van der Waals surface area contributed by atoms with Crippen molar-refractivity contribution in [3.8, 4) is 5.88 Å². The number of anilines is 1. The fraction of sp³-hybridized carbons (Fsp3) is 0.636. The van der Waals surface area contributed by atoms with E-state index in [2.05, 4.69) is 29.1 Å². The minimum absolute atomic E-state index is 0.0466. The van der Waals surface area contributed by atoms with Crippen molar-refractivity contribution >= 4 is 5.82 Å². The van der Waals surface area contributed by atoms with E-state index in [1.54, 1.807) is 12.4 Å². The highest BCUT2D eigenvalue weighted by molar-refractivity contribution is 5.34. The van der Waals surface area contributed by atoms with Crippen LogP contribution < -0.4 is 10.1 Å². The summed E-state index contributed by atoms with van der Waals surface area (Å²) in [6.07, 6.45) is 3.19. The van der Waals surface area contributed by atoms with Gasteiger partial charge in [0, 0.05) is 6.04 Å². The van der Waals surface area contributed by atoms with Crippen LogP contribution in [-0.4, -0.2) is 34.3 Å². The monoisotopic (exact) mass is 225 g/mol. The van der Waals surface area contributed by atoms with Gasteiger partial charge in [0.25, 0.3) is 0 Å². The Morgan fingerprint density at radius 1 is 1.38 bits per heavy atom. The molecule has 0 aliphatic rings. The second kappa shape index (κ2) is 6.27. The van der Waals surface area contributed by atoms with Gasteiger partial charge in [0.2, 0.25) is 5.88 Å². The summed E-state index contributed by atoms with van der Waals surface area (Å²) in [5.74, 6) is 1.57. The summed E-state index contributed by atoms with van der Waals surface area (Å²) in [6.45, 7) is 6.68. The van der Waals surface area contributed by atoms with Gasteiger partial charge in [0.15, 0.2) is 0 Å². The summed E-state index contributed by atoms with van der Waals surface area (Å²) < 4.78 is 5.45. The molecular weight excluding hydrogens is 206 g/mol. The standard InChI is InChI=1S/C11H19N3O2/c1-8(2)7-16-11-5-12-4-10(14-11)13-9(3)6-15/h4-5,8-9,15H,6-7H2,1-3H3,(H,13,14)/t9-/m0/s1. The zero-order valence-corrected chi connectivity index (χ0v) is 9.97. The lowest BCUT2D eigenvalue weighted by atomic mass is 10.2. The second-order valence-electron chi connectivity index (χ2n) is 4.18. The van der Waals surface area contributed by atoms with Crippen LogP contribution in [0.5, 0.6) is 5.88 Å². The van der Waals surface area contributed by atoms with E-state index in [0.717, 1.165) is 0 Å². The Balaban J connectivity index is 2.56. The summed E-state index contributed by atoms with van der Waals surface area (Å²) in [5, 5.41) is 11.9. The largest absolute Gasteiger partial charge is 0.476 e. The summed E-state index contributed by atoms with van der Waals surface area (Å²) in [5.41, 5.74) is 0. The van der Waals surface area contributed by atoms with Gasteiger partial charge in [0.1, 0.15) is 5.82 Å². The molecule has 0 aromatic carbocycles. The maximum absolute atomic E-state index is 8.90. The number of rotatable bonds is 6. The summed E-state index contributed by atoms with van der Waals surface area (Å²) in [7, 11) is 0. The van der Waals surface area contributed by atoms with Gasteiger partial charge >= 0.3 is 0 Å². The van der Waals surface area contributed by atoms with E-state index in [1.165, 1.54) is 0 Å². The molecule has 0 bridgehead atoms. The fourth-order valence-corrected chi connectivity index (χ4v) is 1.04. The zero-order chi connectivity index (χ0) is 12.0. The van der Waals surface area contributed by atoms with Gasteiger partial charge in [-0.15, -0.1) is 0 Å². The number of hydrogen-bond donors (Lipinski definition) is 2. The van der Waals surface area contributed by atoms with Gasteiger partial charge in [0.05, 0.1) is 25.6 Å². The van der Waals surface area contributed by atoms with Crippen molar-refractivity contribution in [3.05, 3.63) is 12.4 Å². The maximum atomic E-state index is 8.90. The maximum Gasteiger partial charge on any atom is 0.234 e. The molecule has 0 saturated carbocycles. The minimum Gasteiger partial charge on any atom is -0.476 e. The van der Waals surface area contributed by atoms with Crippen LogP contribution in [0.4, 0.5) is 5.82 Å². The smallest absolute Gasteiger partial charge is 0.234 e. The molecule has 16 heavy (non-hydrogen) atoms. The molecule has 0 aliphatic carbocycles. The van der Waals surface area contributed by atoms with Crippen molar-refractivity contribution < 1.29 is 9.84 Å². The topological polar surface area (TPSA) is 67.3 Å². The van der Waals surface area contributed by atoms with Crippen LogP contribution in [0.1, 0.15) is 20.8 Å². The molecule has 1 aromatic rings. The molecule has 1 atom stereocenters. The number of aliphatic hydroxyl groups excluding tert-OH is 1. The molecule has 0 fully saturated rings. The van der Waals surface area contributed by atoms with Gasteiger partial charge < -0.3 is 15.2 Å². The van der Waals surface area contributed by atoms with E-state index in [1.807, 2.05) is 6.92 Å². The Morgan fingerprint density at radius 3 is 2.75 bits per heavy atom. The van der Waals surface area contributed by atoms with Crippen molar-refractivity contribution in [1.29, 1.82) is 0 Å². The molecule has 5 nitrogen and oxygen atoms in total. The average molecular weight is 225 g/mol. The summed E-state index contributed by atoms with van der Waals surface area (Å²) in [4.78, 5) is 8.24. The van der Waals surface area contributed by atoms with Crippen molar-refractivity contribution in [3.63, 3.8) is 0 Å². The molecule has 0 spiro atoms. The average Bonchev–Trinajstić information content (AvgIpc) is 2.26. The Morgan fingerprint density at radius 2 is 2.12 bits per heavy atom. The molecule has 2 N–H and O–H groups in total. The highest BCUT2D eigenvalue weighted by Crippen LogP contribution is 2.10. The minimum atomic E-state index is -0.0466. The fourth-order valence-electron chi connectivity index (χ4n) is 1.04. The first-order chi connectivity index (χ1) is 7.61. The molecule has 5 heteroatoms. The van der Waals surface area contributed by atoms with Crippen LogP contribution >= 0.6 is 0 Å². The third-order valence-electron chi connectivity index (χ3n) is 1.85. The van der Waals surface area contributed by atoms with Crippen LogP contribution in [0.3, 0.4) is 0 Å². The van der Waals surface area contributed by atoms with Gasteiger partial charge in [-0.1, -0.05) is 13.8 Å². The first kappa shape index (κ1) is 12.7. The highest BCUT2D eigenvalue weighted by atomic mass is 16.5. The van der Waals surface area contributed by atoms with Crippen molar-refractivity contribution in [2.24, 2.45) is 5.92 Å². The number of aromatic nitrogens is 2.